The first-order valence-corrected chi connectivity index (χ1v) is 14.6. The van der Waals surface area contributed by atoms with Crippen molar-refractivity contribution in [1.29, 1.82) is 0 Å². The van der Waals surface area contributed by atoms with Gasteiger partial charge in [-0.1, -0.05) is 74.3 Å². The van der Waals surface area contributed by atoms with Crippen molar-refractivity contribution >= 4 is 50.7 Å². The summed E-state index contributed by atoms with van der Waals surface area (Å²) in [5.41, 5.74) is 1.17. The van der Waals surface area contributed by atoms with Crippen LogP contribution in [-0.4, -0.2) is 50.5 Å². The molecule has 1 N–H and O–H groups in total. The molecule has 2 aromatic rings. The minimum atomic E-state index is -3.67. The van der Waals surface area contributed by atoms with Crippen LogP contribution >= 0.6 is 23.2 Å². The summed E-state index contributed by atoms with van der Waals surface area (Å²) in [6.07, 6.45) is 1.84. The molecule has 0 unspecified atom stereocenters. The normalized spacial score (nSPS) is 12.3. The van der Waals surface area contributed by atoms with Crippen molar-refractivity contribution < 1.29 is 18.0 Å². The van der Waals surface area contributed by atoms with Gasteiger partial charge in [0.05, 0.1) is 17.0 Å². The molecule has 1 atom stereocenters. The predicted molar refractivity (Wildman–Crippen MR) is 147 cm³/mol. The fourth-order valence-electron chi connectivity index (χ4n) is 3.78. The number of nitrogens with zero attached hydrogens (tertiary/aromatic N) is 2. The first kappa shape index (κ1) is 29.9. The lowest BCUT2D eigenvalue weighted by Crippen LogP contribution is -2.49. The van der Waals surface area contributed by atoms with E-state index in [2.05, 4.69) is 5.32 Å². The van der Waals surface area contributed by atoms with Crippen molar-refractivity contribution in [2.75, 3.05) is 23.7 Å². The van der Waals surface area contributed by atoms with E-state index >= 15 is 0 Å². The van der Waals surface area contributed by atoms with Crippen molar-refractivity contribution in [2.45, 2.75) is 52.6 Å². The summed E-state index contributed by atoms with van der Waals surface area (Å²) in [4.78, 5) is 28.0. The summed E-state index contributed by atoms with van der Waals surface area (Å²) < 4.78 is 26.1. The third-order valence-electron chi connectivity index (χ3n) is 5.60. The Hall–Kier alpha value is -2.29. The van der Waals surface area contributed by atoms with Crippen LogP contribution < -0.4 is 9.62 Å². The van der Waals surface area contributed by atoms with Crippen LogP contribution in [0.3, 0.4) is 0 Å². The molecule has 0 spiro atoms. The zero-order chi connectivity index (χ0) is 26.9. The third-order valence-corrected chi connectivity index (χ3v) is 7.33. The quantitative estimate of drug-likeness (QED) is 0.371. The topological polar surface area (TPSA) is 86.8 Å². The molecule has 0 saturated heterocycles. The number of carbonyl (C=O) groups is 2. The molecular weight excluding hydrogens is 521 g/mol. The van der Waals surface area contributed by atoms with Crippen LogP contribution in [0.4, 0.5) is 5.69 Å². The Kier molecular flexibility index (Phi) is 11.5. The van der Waals surface area contributed by atoms with Crippen molar-refractivity contribution in [3.05, 3.63) is 64.1 Å². The van der Waals surface area contributed by atoms with Gasteiger partial charge in [-0.2, -0.15) is 0 Å². The number of anilines is 1. The van der Waals surface area contributed by atoms with E-state index in [0.29, 0.717) is 18.0 Å². The maximum Gasteiger partial charge on any atom is 0.242 e. The van der Waals surface area contributed by atoms with Crippen LogP contribution in [0.5, 0.6) is 0 Å². The van der Waals surface area contributed by atoms with E-state index < -0.39 is 16.1 Å². The zero-order valence-corrected chi connectivity index (χ0v) is 23.5. The predicted octanol–water partition coefficient (Wildman–Crippen LogP) is 5.12. The van der Waals surface area contributed by atoms with Gasteiger partial charge in [0.25, 0.3) is 0 Å². The summed E-state index contributed by atoms with van der Waals surface area (Å²) in [5, 5.41) is 3.53. The molecular formula is C26H35Cl2N3O4S. The van der Waals surface area contributed by atoms with E-state index in [4.69, 9.17) is 23.2 Å². The molecule has 0 bridgehead atoms. The SMILES string of the molecule is CC[C@@H](C(=O)NCC(C)C)N(Cc1ccccc1)C(=O)CCCN(c1cc(Cl)ccc1Cl)S(C)(=O)=O. The first-order valence-electron chi connectivity index (χ1n) is 12.0. The second kappa shape index (κ2) is 13.9. The van der Waals surface area contributed by atoms with Crippen LogP contribution in [0, 0.1) is 5.92 Å². The summed E-state index contributed by atoms with van der Waals surface area (Å²) >= 11 is 12.3. The number of nitrogens with one attached hydrogen (secondary N) is 1. The molecule has 7 nitrogen and oxygen atoms in total. The fourth-order valence-corrected chi connectivity index (χ4v) is 5.19. The van der Waals surface area contributed by atoms with Crippen LogP contribution in [0.15, 0.2) is 48.5 Å². The smallest absolute Gasteiger partial charge is 0.242 e. The molecule has 0 aromatic heterocycles. The largest absolute Gasteiger partial charge is 0.354 e. The van der Waals surface area contributed by atoms with Gasteiger partial charge in [0.15, 0.2) is 0 Å². The number of rotatable bonds is 13. The number of benzene rings is 2. The van der Waals surface area contributed by atoms with Crippen molar-refractivity contribution in [3.63, 3.8) is 0 Å². The van der Waals surface area contributed by atoms with Crippen LogP contribution in [0.25, 0.3) is 0 Å². The Morgan fingerprint density at radius 3 is 2.31 bits per heavy atom. The van der Waals surface area contributed by atoms with Crippen molar-refractivity contribution in [3.8, 4) is 0 Å². The van der Waals surface area contributed by atoms with Gasteiger partial charge < -0.3 is 10.2 Å². The molecule has 198 valence electrons. The number of halogens is 2. The summed E-state index contributed by atoms with van der Waals surface area (Å²) in [6, 6.07) is 13.4. The maximum atomic E-state index is 13.4. The highest BCUT2D eigenvalue weighted by Gasteiger charge is 2.29. The van der Waals surface area contributed by atoms with E-state index in [0.717, 1.165) is 16.1 Å². The van der Waals surface area contributed by atoms with Crippen LogP contribution in [-0.2, 0) is 26.2 Å². The van der Waals surface area contributed by atoms with Crippen LogP contribution in [0.2, 0.25) is 10.0 Å². The molecule has 36 heavy (non-hydrogen) atoms. The third kappa shape index (κ3) is 8.98. The number of hydrogen-bond donors (Lipinski definition) is 1. The van der Waals surface area contributed by atoms with E-state index in [1.165, 1.54) is 12.1 Å². The van der Waals surface area contributed by atoms with E-state index in [9.17, 15) is 18.0 Å². The molecule has 0 aliphatic heterocycles. The molecule has 0 fully saturated rings. The average molecular weight is 557 g/mol. The molecule has 10 heteroatoms. The number of hydrogen-bond acceptors (Lipinski definition) is 4. The van der Waals surface area contributed by atoms with Gasteiger partial charge in [0.1, 0.15) is 6.04 Å². The second-order valence-corrected chi connectivity index (χ2v) is 11.9. The highest BCUT2D eigenvalue weighted by Crippen LogP contribution is 2.31. The molecule has 0 radical (unpaired) electrons. The van der Waals surface area contributed by atoms with E-state index in [1.54, 1.807) is 11.0 Å². The lowest BCUT2D eigenvalue weighted by molar-refractivity contribution is -0.141. The van der Waals surface area contributed by atoms with E-state index in [1.807, 2.05) is 51.1 Å². The Balaban J connectivity index is 2.21. The molecule has 2 amide bonds. The molecule has 0 aliphatic carbocycles. The molecule has 2 rings (SSSR count). The van der Waals surface area contributed by atoms with Gasteiger partial charge in [0.2, 0.25) is 21.8 Å². The fraction of sp³-hybridized carbons (Fsp3) is 0.462. The summed E-state index contributed by atoms with van der Waals surface area (Å²) in [7, 11) is -3.67. The number of amides is 2. The second-order valence-electron chi connectivity index (χ2n) is 9.10. The standard InChI is InChI=1S/C26H35Cl2N3O4S/c1-5-23(26(33)29-17-19(2)3)30(18-20-10-7-6-8-11-20)25(32)12-9-15-31(36(4,34)35)24-16-21(27)13-14-22(24)28/h6-8,10-11,13-14,16,19,23H,5,9,12,15,17-18H2,1-4H3,(H,29,33)/t23-/m0/s1. The molecule has 0 saturated carbocycles. The monoisotopic (exact) mass is 555 g/mol. The van der Waals surface area contributed by atoms with Crippen LogP contribution in [0.1, 0.15) is 45.6 Å². The minimum Gasteiger partial charge on any atom is -0.354 e. The highest BCUT2D eigenvalue weighted by atomic mass is 35.5. The van der Waals surface area contributed by atoms with Gasteiger partial charge in [0, 0.05) is 31.1 Å². The molecule has 2 aromatic carbocycles. The van der Waals surface area contributed by atoms with Crippen molar-refractivity contribution in [1.82, 2.24) is 10.2 Å². The summed E-state index contributed by atoms with van der Waals surface area (Å²) in [5.74, 6) is -0.139. The van der Waals surface area contributed by atoms with Gasteiger partial charge in [-0.3, -0.25) is 13.9 Å². The van der Waals surface area contributed by atoms with E-state index in [-0.39, 0.29) is 54.4 Å². The molecule has 0 heterocycles. The number of sulfonamides is 1. The van der Waals surface area contributed by atoms with Crippen molar-refractivity contribution in [2.24, 2.45) is 5.92 Å². The number of carbonyl (C=O) groups excluding carboxylic acids is 2. The maximum absolute atomic E-state index is 13.4. The summed E-state index contributed by atoms with van der Waals surface area (Å²) in [6.45, 7) is 6.73. The van der Waals surface area contributed by atoms with Gasteiger partial charge in [-0.05, 0) is 42.5 Å². The highest BCUT2D eigenvalue weighted by molar-refractivity contribution is 7.92. The Morgan fingerprint density at radius 1 is 1.06 bits per heavy atom. The first-order chi connectivity index (χ1) is 16.9. The Morgan fingerprint density at radius 2 is 1.72 bits per heavy atom. The lowest BCUT2D eigenvalue weighted by Gasteiger charge is -2.31. The minimum absolute atomic E-state index is 0.0418. The Labute approximate surface area is 224 Å². The average Bonchev–Trinajstić information content (AvgIpc) is 2.81. The Bertz CT molecular complexity index is 1130. The van der Waals surface area contributed by atoms with Gasteiger partial charge in [-0.15, -0.1) is 0 Å². The van der Waals surface area contributed by atoms with Gasteiger partial charge >= 0.3 is 0 Å². The zero-order valence-electron chi connectivity index (χ0n) is 21.2. The lowest BCUT2D eigenvalue weighted by atomic mass is 10.1. The van der Waals surface area contributed by atoms with Gasteiger partial charge in [-0.25, -0.2) is 8.42 Å². The molecule has 0 aliphatic rings.